The van der Waals surface area contributed by atoms with Gasteiger partial charge in [-0.2, -0.15) is 0 Å². The molecule has 2 heterocycles. The first-order valence-corrected chi connectivity index (χ1v) is 6.80. The topological polar surface area (TPSA) is 90.8 Å². The molecule has 4 N–H and O–H groups in total. The fourth-order valence-corrected chi connectivity index (χ4v) is 3.00. The predicted molar refractivity (Wildman–Crippen MR) is 73.8 cm³/mol. The number of fused-ring (bicyclic) bond motifs is 1. The van der Waals surface area contributed by atoms with Gasteiger partial charge in [0.1, 0.15) is 5.75 Å². The van der Waals surface area contributed by atoms with Gasteiger partial charge in [0, 0.05) is 23.4 Å². The highest BCUT2D eigenvalue weighted by Crippen LogP contribution is 2.33. The van der Waals surface area contributed by atoms with Gasteiger partial charge in [-0.3, -0.25) is 9.69 Å². The van der Waals surface area contributed by atoms with E-state index in [9.17, 15) is 4.79 Å². The van der Waals surface area contributed by atoms with Crippen LogP contribution in [0.15, 0.2) is 12.1 Å². The van der Waals surface area contributed by atoms with E-state index in [1.807, 2.05) is 12.1 Å². The fourth-order valence-electron chi connectivity index (χ4n) is 3.00. The third kappa shape index (κ3) is 2.44. The zero-order chi connectivity index (χ0) is 14.1. The van der Waals surface area contributed by atoms with Gasteiger partial charge in [-0.25, -0.2) is 0 Å². The monoisotopic (exact) mass is 277 g/mol. The molecule has 20 heavy (non-hydrogen) atoms. The highest BCUT2D eigenvalue weighted by atomic mass is 16.7. The number of nitrogens with zero attached hydrogens (tertiary/aromatic N) is 1. The molecule has 0 bridgehead atoms. The van der Waals surface area contributed by atoms with E-state index in [4.69, 9.17) is 20.9 Å². The first kappa shape index (κ1) is 13.2. The van der Waals surface area contributed by atoms with E-state index >= 15 is 0 Å². The lowest BCUT2D eigenvalue weighted by molar-refractivity contribution is -0.122. The molecular formula is C14H19N3O3. The Labute approximate surface area is 117 Å². The number of nitrogen functional groups attached to an aromatic ring is 1. The standard InChI is InChI=1S/C14H19N3O3/c15-11-4-9(13-10(5-11)7-19-8-20-13)6-17-3-1-2-12(17)14(16)18/h4-5,12H,1-3,6-8,15H2,(H2,16,18). The molecule has 1 fully saturated rings. The third-order valence-electron chi connectivity index (χ3n) is 3.87. The Morgan fingerprint density at radius 3 is 3.10 bits per heavy atom. The van der Waals surface area contributed by atoms with E-state index < -0.39 is 0 Å². The summed E-state index contributed by atoms with van der Waals surface area (Å²) in [7, 11) is 0. The summed E-state index contributed by atoms with van der Waals surface area (Å²) in [6.07, 6.45) is 1.81. The summed E-state index contributed by atoms with van der Waals surface area (Å²) in [4.78, 5) is 13.6. The van der Waals surface area contributed by atoms with Gasteiger partial charge in [-0.1, -0.05) is 0 Å². The highest BCUT2D eigenvalue weighted by molar-refractivity contribution is 5.80. The Balaban J connectivity index is 1.87. The zero-order valence-electron chi connectivity index (χ0n) is 11.3. The maximum Gasteiger partial charge on any atom is 0.234 e. The summed E-state index contributed by atoms with van der Waals surface area (Å²) >= 11 is 0. The average Bonchev–Trinajstić information content (AvgIpc) is 2.87. The number of nitrogens with two attached hydrogens (primary N) is 2. The van der Waals surface area contributed by atoms with Crippen LogP contribution in [0.4, 0.5) is 5.69 Å². The SMILES string of the molecule is NC(=O)C1CCCN1Cc1cc(N)cc2c1OCOC2. The lowest BCUT2D eigenvalue weighted by atomic mass is 10.1. The summed E-state index contributed by atoms with van der Waals surface area (Å²) in [5.41, 5.74) is 14.0. The normalized spacial score (nSPS) is 22.3. The minimum atomic E-state index is -0.260. The van der Waals surface area contributed by atoms with Crippen LogP contribution in [0.1, 0.15) is 24.0 Å². The Hall–Kier alpha value is -1.79. The van der Waals surface area contributed by atoms with Crippen LogP contribution < -0.4 is 16.2 Å². The number of anilines is 1. The quantitative estimate of drug-likeness (QED) is 0.789. The molecule has 1 aromatic rings. The van der Waals surface area contributed by atoms with E-state index in [1.165, 1.54) is 0 Å². The molecule has 0 saturated carbocycles. The van der Waals surface area contributed by atoms with Crippen molar-refractivity contribution < 1.29 is 14.3 Å². The third-order valence-corrected chi connectivity index (χ3v) is 3.87. The number of amides is 1. The second-order valence-electron chi connectivity index (χ2n) is 5.31. The number of primary amides is 1. The Morgan fingerprint density at radius 1 is 1.45 bits per heavy atom. The van der Waals surface area contributed by atoms with Crippen molar-refractivity contribution in [1.82, 2.24) is 4.90 Å². The number of carbonyl (C=O) groups is 1. The molecule has 2 aliphatic rings. The largest absolute Gasteiger partial charge is 0.467 e. The summed E-state index contributed by atoms with van der Waals surface area (Å²) < 4.78 is 10.9. The first-order chi connectivity index (χ1) is 9.65. The van der Waals surface area contributed by atoms with Gasteiger partial charge in [0.15, 0.2) is 6.79 Å². The molecule has 1 aromatic carbocycles. The number of rotatable bonds is 3. The van der Waals surface area contributed by atoms with E-state index in [-0.39, 0.29) is 18.7 Å². The fraction of sp³-hybridized carbons (Fsp3) is 0.500. The smallest absolute Gasteiger partial charge is 0.234 e. The molecule has 1 unspecified atom stereocenters. The van der Waals surface area contributed by atoms with Crippen molar-refractivity contribution in [3.05, 3.63) is 23.3 Å². The second kappa shape index (κ2) is 5.30. The summed E-state index contributed by atoms with van der Waals surface area (Å²) in [6, 6.07) is 3.58. The van der Waals surface area contributed by atoms with E-state index in [1.54, 1.807) is 0 Å². The highest BCUT2D eigenvalue weighted by Gasteiger charge is 2.30. The van der Waals surface area contributed by atoms with Crippen molar-refractivity contribution in [3.8, 4) is 5.75 Å². The lowest BCUT2D eigenvalue weighted by Crippen LogP contribution is -2.39. The molecule has 1 atom stereocenters. The average molecular weight is 277 g/mol. The molecule has 0 aliphatic carbocycles. The lowest BCUT2D eigenvalue weighted by Gasteiger charge is -2.26. The van der Waals surface area contributed by atoms with Crippen LogP contribution in [0.2, 0.25) is 0 Å². The van der Waals surface area contributed by atoms with Crippen LogP contribution in [0.5, 0.6) is 5.75 Å². The Kier molecular flexibility index (Phi) is 3.50. The molecular weight excluding hydrogens is 258 g/mol. The molecule has 3 rings (SSSR count). The van der Waals surface area contributed by atoms with E-state index in [0.717, 1.165) is 36.3 Å². The zero-order valence-corrected chi connectivity index (χ0v) is 11.3. The number of hydrogen-bond donors (Lipinski definition) is 2. The molecule has 108 valence electrons. The minimum absolute atomic E-state index is 0.188. The van der Waals surface area contributed by atoms with Gasteiger partial charge in [0.2, 0.25) is 5.91 Å². The van der Waals surface area contributed by atoms with Gasteiger partial charge in [-0.15, -0.1) is 0 Å². The number of benzene rings is 1. The van der Waals surface area contributed by atoms with Crippen molar-refractivity contribution >= 4 is 11.6 Å². The van der Waals surface area contributed by atoms with Gasteiger partial charge >= 0.3 is 0 Å². The Morgan fingerprint density at radius 2 is 2.30 bits per heavy atom. The van der Waals surface area contributed by atoms with Gasteiger partial charge in [0.05, 0.1) is 12.6 Å². The van der Waals surface area contributed by atoms with Gasteiger partial charge in [0.25, 0.3) is 0 Å². The second-order valence-corrected chi connectivity index (χ2v) is 5.31. The maximum atomic E-state index is 11.5. The number of ether oxygens (including phenoxy) is 2. The van der Waals surface area contributed by atoms with Crippen molar-refractivity contribution in [3.63, 3.8) is 0 Å². The predicted octanol–water partition coefficient (Wildman–Crippen LogP) is 0.585. The van der Waals surface area contributed by atoms with Crippen LogP contribution in [-0.4, -0.2) is 30.2 Å². The number of hydrogen-bond acceptors (Lipinski definition) is 5. The number of likely N-dealkylation sites (tertiary alicyclic amines) is 1. The first-order valence-electron chi connectivity index (χ1n) is 6.80. The molecule has 1 amide bonds. The molecule has 1 saturated heterocycles. The molecule has 0 aromatic heterocycles. The summed E-state index contributed by atoms with van der Waals surface area (Å²) in [6.45, 7) is 2.25. The van der Waals surface area contributed by atoms with Crippen LogP contribution in [0, 0.1) is 0 Å². The molecule has 0 radical (unpaired) electrons. The van der Waals surface area contributed by atoms with Crippen molar-refractivity contribution in [1.29, 1.82) is 0 Å². The molecule has 0 spiro atoms. The van der Waals surface area contributed by atoms with Gasteiger partial charge < -0.3 is 20.9 Å². The number of carbonyl (C=O) groups excluding carboxylic acids is 1. The van der Waals surface area contributed by atoms with Crippen LogP contribution in [0.3, 0.4) is 0 Å². The van der Waals surface area contributed by atoms with Crippen LogP contribution >= 0.6 is 0 Å². The minimum Gasteiger partial charge on any atom is -0.467 e. The summed E-state index contributed by atoms with van der Waals surface area (Å²) in [5, 5.41) is 0. The van der Waals surface area contributed by atoms with Crippen LogP contribution in [0.25, 0.3) is 0 Å². The van der Waals surface area contributed by atoms with Gasteiger partial charge in [-0.05, 0) is 31.5 Å². The Bertz CT molecular complexity index is 533. The molecule has 2 aliphatic heterocycles. The maximum absolute atomic E-state index is 11.5. The van der Waals surface area contributed by atoms with Crippen molar-refractivity contribution in [2.45, 2.75) is 32.0 Å². The molecule has 6 nitrogen and oxygen atoms in total. The van der Waals surface area contributed by atoms with E-state index in [0.29, 0.717) is 18.8 Å². The van der Waals surface area contributed by atoms with Crippen molar-refractivity contribution in [2.24, 2.45) is 5.73 Å². The van der Waals surface area contributed by atoms with E-state index in [2.05, 4.69) is 4.90 Å². The summed E-state index contributed by atoms with van der Waals surface area (Å²) in [5.74, 6) is 0.574. The van der Waals surface area contributed by atoms with Crippen molar-refractivity contribution in [2.75, 3.05) is 19.1 Å². The van der Waals surface area contributed by atoms with Crippen LogP contribution in [-0.2, 0) is 22.7 Å². The molecule has 6 heteroatoms.